The van der Waals surface area contributed by atoms with E-state index >= 15 is 0 Å². The highest BCUT2D eigenvalue weighted by atomic mass is 35.5. The molecular formula is C19H29ClN2O2. The molecule has 24 heavy (non-hydrogen) atoms. The fraction of sp³-hybridized carbons (Fsp3) is 0.632. The van der Waals surface area contributed by atoms with Crippen LogP contribution in [0.4, 0.5) is 0 Å². The number of halogens is 1. The van der Waals surface area contributed by atoms with Gasteiger partial charge in [-0.25, -0.2) is 0 Å². The van der Waals surface area contributed by atoms with E-state index in [1.807, 2.05) is 29.2 Å². The number of benzene rings is 1. The molecule has 0 radical (unpaired) electrons. The van der Waals surface area contributed by atoms with Crippen LogP contribution in [0.1, 0.15) is 55.8 Å². The van der Waals surface area contributed by atoms with E-state index in [9.17, 15) is 4.79 Å². The van der Waals surface area contributed by atoms with Crippen LogP contribution >= 0.6 is 12.4 Å². The van der Waals surface area contributed by atoms with Gasteiger partial charge in [-0.3, -0.25) is 4.79 Å². The number of hydrogen-bond acceptors (Lipinski definition) is 3. The summed E-state index contributed by atoms with van der Waals surface area (Å²) in [4.78, 5) is 15.0. The second-order valence-corrected chi connectivity index (χ2v) is 6.70. The number of nitrogens with one attached hydrogen (secondary N) is 1. The van der Waals surface area contributed by atoms with E-state index in [4.69, 9.17) is 4.74 Å². The molecule has 0 spiro atoms. The van der Waals surface area contributed by atoms with E-state index in [2.05, 4.69) is 12.2 Å². The zero-order valence-corrected chi connectivity index (χ0v) is 15.3. The van der Waals surface area contributed by atoms with Crippen LogP contribution in [0.25, 0.3) is 0 Å². The van der Waals surface area contributed by atoms with Crippen molar-refractivity contribution in [2.24, 2.45) is 0 Å². The fourth-order valence-corrected chi connectivity index (χ4v) is 3.66. The fourth-order valence-electron chi connectivity index (χ4n) is 3.66. The lowest BCUT2D eigenvalue weighted by molar-refractivity contribution is 0.0691. The predicted octanol–water partition coefficient (Wildman–Crippen LogP) is 3.64. The summed E-state index contributed by atoms with van der Waals surface area (Å²) in [5.41, 5.74) is 0.751. The van der Waals surface area contributed by atoms with Crippen molar-refractivity contribution < 1.29 is 9.53 Å². The Morgan fingerprint density at radius 2 is 2.08 bits per heavy atom. The van der Waals surface area contributed by atoms with Crippen molar-refractivity contribution in [1.82, 2.24) is 10.2 Å². The zero-order chi connectivity index (χ0) is 16.1. The van der Waals surface area contributed by atoms with Gasteiger partial charge in [0.15, 0.2) is 0 Å². The quantitative estimate of drug-likeness (QED) is 0.849. The van der Waals surface area contributed by atoms with Crippen molar-refractivity contribution in [2.75, 3.05) is 19.6 Å². The molecule has 3 rings (SSSR count). The van der Waals surface area contributed by atoms with Gasteiger partial charge in [0, 0.05) is 24.7 Å². The molecule has 1 heterocycles. The standard InChI is InChI=1S/C19H28N2O2.ClH/c1-2-12-21(16-10-11-20-14-16)19(22)15-6-5-9-18(13-15)23-17-7-3-4-8-17;/h5-6,9,13,16-17,20H,2-4,7-8,10-12,14H2,1H3;1H. The largest absolute Gasteiger partial charge is 0.490 e. The Labute approximate surface area is 151 Å². The Hall–Kier alpha value is -1.26. The average molecular weight is 353 g/mol. The average Bonchev–Trinajstić information content (AvgIpc) is 3.26. The van der Waals surface area contributed by atoms with Gasteiger partial charge in [-0.15, -0.1) is 12.4 Å². The second kappa shape index (κ2) is 9.28. The molecule has 1 atom stereocenters. The number of carbonyl (C=O) groups excluding carboxylic acids is 1. The highest BCUT2D eigenvalue weighted by Gasteiger charge is 2.27. The molecule has 5 heteroatoms. The number of ether oxygens (including phenoxy) is 1. The molecular weight excluding hydrogens is 324 g/mol. The maximum atomic E-state index is 13.0. The van der Waals surface area contributed by atoms with Crippen LogP contribution in [-0.4, -0.2) is 42.6 Å². The Morgan fingerprint density at radius 3 is 2.75 bits per heavy atom. The molecule has 4 nitrogen and oxygen atoms in total. The van der Waals surface area contributed by atoms with Crippen molar-refractivity contribution in [3.63, 3.8) is 0 Å². The van der Waals surface area contributed by atoms with Crippen LogP contribution in [-0.2, 0) is 0 Å². The zero-order valence-electron chi connectivity index (χ0n) is 14.5. The van der Waals surface area contributed by atoms with E-state index in [1.165, 1.54) is 12.8 Å². The van der Waals surface area contributed by atoms with Crippen LogP contribution < -0.4 is 10.1 Å². The van der Waals surface area contributed by atoms with Gasteiger partial charge >= 0.3 is 0 Å². The molecule has 134 valence electrons. The lowest BCUT2D eigenvalue weighted by atomic mass is 10.1. The molecule has 1 amide bonds. The lowest BCUT2D eigenvalue weighted by Crippen LogP contribution is -2.42. The maximum absolute atomic E-state index is 13.0. The van der Waals surface area contributed by atoms with Crippen LogP contribution in [0.3, 0.4) is 0 Å². The number of nitrogens with zero attached hydrogens (tertiary/aromatic N) is 1. The number of hydrogen-bond donors (Lipinski definition) is 1. The molecule has 1 aromatic carbocycles. The van der Waals surface area contributed by atoms with Gasteiger partial charge in [-0.2, -0.15) is 0 Å². The topological polar surface area (TPSA) is 41.6 Å². The number of rotatable bonds is 6. The van der Waals surface area contributed by atoms with Crippen LogP contribution in [0.5, 0.6) is 5.75 Å². The third kappa shape index (κ3) is 4.64. The van der Waals surface area contributed by atoms with Crippen LogP contribution in [0.2, 0.25) is 0 Å². The highest BCUT2D eigenvalue weighted by molar-refractivity contribution is 5.94. The minimum Gasteiger partial charge on any atom is -0.490 e. The summed E-state index contributed by atoms with van der Waals surface area (Å²) in [6, 6.07) is 8.06. The molecule has 1 saturated carbocycles. The number of carbonyl (C=O) groups is 1. The van der Waals surface area contributed by atoms with Gasteiger partial charge < -0.3 is 15.0 Å². The first-order valence-corrected chi connectivity index (χ1v) is 9.06. The molecule has 1 N–H and O–H groups in total. The highest BCUT2D eigenvalue weighted by Crippen LogP contribution is 2.25. The van der Waals surface area contributed by atoms with E-state index < -0.39 is 0 Å². The summed E-state index contributed by atoms with van der Waals surface area (Å²) in [7, 11) is 0. The van der Waals surface area contributed by atoms with E-state index in [0.717, 1.165) is 56.6 Å². The molecule has 1 unspecified atom stereocenters. The van der Waals surface area contributed by atoms with E-state index in [-0.39, 0.29) is 18.3 Å². The normalized spacial score (nSPS) is 20.6. The molecule has 1 aliphatic carbocycles. The van der Waals surface area contributed by atoms with Crippen molar-refractivity contribution in [3.05, 3.63) is 29.8 Å². The summed E-state index contributed by atoms with van der Waals surface area (Å²) >= 11 is 0. The SMILES string of the molecule is CCCN(C(=O)c1cccc(OC2CCCC2)c1)C1CCNC1.Cl. The van der Waals surface area contributed by atoms with Gasteiger partial charge in [-0.05, 0) is 63.3 Å². The molecule has 1 aromatic rings. The van der Waals surface area contributed by atoms with Gasteiger partial charge in [0.25, 0.3) is 5.91 Å². The van der Waals surface area contributed by atoms with E-state index in [1.54, 1.807) is 0 Å². The molecule has 1 aliphatic heterocycles. The van der Waals surface area contributed by atoms with Crippen molar-refractivity contribution in [1.29, 1.82) is 0 Å². The summed E-state index contributed by atoms with van der Waals surface area (Å²) in [6.07, 6.45) is 7.13. The molecule has 0 bridgehead atoms. The minimum atomic E-state index is 0. The lowest BCUT2D eigenvalue weighted by Gasteiger charge is -2.28. The molecule has 2 fully saturated rings. The van der Waals surface area contributed by atoms with Crippen molar-refractivity contribution in [2.45, 2.75) is 57.6 Å². The molecule has 2 aliphatic rings. The van der Waals surface area contributed by atoms with Gasteiger partial charge in [0.2, 0.25) is 0 Å². The summed E-state index contributed by atoms with van der Waals surface area (Å²) < 4.78 is 6.05. The summed E-state index contributed by atoms with van der Waals surface area (Å²) in [6.45, 7) is 4.86. The number of amides is 1. The van der Waals surface area contributed by atoms with E-state index in [0.29, 0.717) is 12.1 Å². The summed E-state index contributed by atoms with van der Waals surface area (Å²) in [5, 5.41) is 3.36. The monoisotopic (exact) mass is 352 g/mol. The first kappa shape index (κ1) is 19.1. The van der Waals surface area contributed by atoms with Crippen molar-refractivity contribution >= 4 is 18.3 Å². The summed E-state index contributed by atoms with van der Waals surface area (Å²) in [5.74, 6) is 0.973. The minimum absolute atomic E-state index is 0. The molecule has 1 saturated heterocycles. The Kier molecular flexibility index (Phi) is 7.38. The first-order valence-electron chi connectivity index (χ1n) is 9.06. The predicted molar refractivity (Wildman–Crippen MR) is 99.2 cm³/mol. The second-order valence-electron chi connectivity index (χ2n) is 6.70. The molecule has 0 aromatic heterocycles. The van der Waals surface area contributed by atoms with Gasteiger partial charge in [0.1, 0.15) is 5.75 Å². The van der Waals surface area contributed by atoms with Gasteiger partial charge in [-0.1, -0.05) is 13.0 Å². The smallest absolute Gasteiger partial charge is 0.254 e. The Balaban J connectivity index is 0.00000208. The third-order valence-electron chi connectivity index (χ3n) is 4.89. The maximum Gasteiger partial charge on any atom is 0.254 e. The van der Waals surface area contributed by atoms with Crippen molar-refractivity contribution in [3.8, 4) is 5.75 Å². The Bertz CT molecular complexity index is 526. The third-order valence-corrected chi connectivity index (χ3v) is 4.89. The van der Waals surface area contributed by atoms with Crippen LogP contribution in [0, 0.1) is 0 Å². The van der Waals surface area contributed by atoms with Gasteiger partial charge in [0.05, 0.1) is 6.10 Å². The van der Waals surface area contributed by atoms with Crippen LogP contribution in [0.15, 0.2) is 24.3 Å². The first-order chi connectivity index (χ1) is 11.3. The Morgan fingerprint density at radius 1 is 1.29 bits per heavy atom.